The highest BCUT2D eigenvalue weighted by Crippen LogP contribution is 2.22. The molecule has 2 aromatic carbocycles. The summed E-state index contributed by atoms with van der Waals surface area (Å²) in [6.45, 7) is -0.397. The van der Waals surface area contributed by atoms with E-state index < -0.39 is 24.3 Å². The average Bonchev–Trinajstić information content (AvgIpc) is 3.17. The van der Waals surface area contributed by atoms with E-state index in [-0.39, 0.29) is 22.9 Å². The van der Waals surface area contributed by atoms with Crippen LogP contribution in [0.5, 0.6) is 0 Å². The number of hydrogen-bond donors (Lipinski definition) is 3. The van der Waals surface area contributed by atoms with E-state index in [0.29, 0.717) is 11.1 Å². The molecule has 0 saturated heterocycles. The third-order valence-electron chi connectivity index (χ3n) is 4.30. The summed E-state index contributed by atoms with van der Waals surface area (Å²) in [6, 6.07) is 16.9. The largest absolute Gasteiger partial charge is 0.480 e. The Morgan fingerprint density at radius 3 is 2.00 bits per heavy atom. The summed E-state index contributed by atoms with van der Waals surface area (Å²) in [7, 11) is 0. The predicted octanol–water partition coefficient (Wildman–Crippen LogP) is 2.42. The van der Waals surface area contributed by atoms with E-state index >= 15 is 0 Å². The van der Waals surface area contributed by atoms with Gasteiger partial charge in [0.15, 0.2) is 17.0 Å². The normalized spacial score (nSPS) is 10.6. The van der Waals surface area contributed by atoms with Crippen LogP contribution < -0.4 is 10.6 Å². The molecule has 2 heterocycles. The fourth-order valence-corrected chi connectivity index (χ4v) is 2.88. The SMILES string of the molecule is O=C(O)Cn1cnc2c(NC(=O)c3ccccc3)nc(NC(=O)c3ccccc3)nc21. The van der Waals surface area contributed by atoms with Crippen molar-refractivity contribution in [3.05, 3.63) is 78.1 Å². The molecule has 10 heteroatoms. The molecule has 0 saturated carbocycles. The molecule has 154 valence electrons. The number of carboxylic acid groups (broad SMARTS) is 1. The number of carbonyl (C=O) groups is 3. The van der Waals surface area contributed by atoms with Crippen molar-refractivity contribution >= 4 is 40.7 Å². The molecule has 0 unspecified atom stereocenters. The van der Waals surface area contributed by atoms with Crippen LogP contribution in [-0.2, 0) is 11.3 Å². The number of amides is 2. The molecule has 2 amide bonds. The lowest BCUT2D eigenvalue weighted by Gasteiger charge is -2.09. The van der Waals surface area contributed by atoms with Crippen molar-refractivity contribution in [2.24, 2.45) is 0 Å². The molecule has 0 radical (unpaired) electrons. The Labute approximate surface area is 175 Å². The molecule has 31 heavy (non-hydrogen) atoms. The first-order valence-corrected chi connectivity index (χ1v) is 9.19. The van der Waals surface area contributed by atoms with Crippen molar-refractivity contribution in [1.29, 1.82) is 0 Å². The van der Waals surface area contributed by atoms with Gasteiger partial charge in [-0.15, -0.1) is 0 Å². The van der Waals surface area contributed by atoms with Crippen molar-refractivity contribution in [2.45, 2.75) is 6.54 Å². The maximum absolute atomic E-state index is 12.6. The van der Waals surface area contributed by atoms with E-state index in [1.807, 2.05) is 0 Å². The Kier molecular flexibility index (Phi) is 5.35. The van der Waals surface area contributed by atoms with Crippen LogP contribution in [0.4, 0.5) is 11.8 Å². The predicted molar refractivity (Wildman–Crippen MR) is 112 cm³/mol. The van der Waals surface area contributed by atoms with Crippen molar-refractivity contribution in [3.8, 4) is 0 Å². The van der Waals surface area contributed by atoms with Crippen LogP contribution in [-0.4, -0.2) is 42.4 Å². The first-order valence-electron chi connectivity index (χ1n) is 9.19. The first-order chi connectivity index (χ1) is 15.0. The number of fused-ring (bicyclic) bond motifs is 1. The number of rotatable bonds is 6. The van der Waals surface area contributed by atoms with Crippen molar-refractivity contribution in [3.63, 3.8) is 0 Å². The molecule has 0 fully saturated rings. The quantitative estimate of drug-likeness (QED) is 0.439. The highest BCUT2D eigenvalue weighted by atomic mass is 16.4. The minimum absolute atomic E-state index is 0.0475. The van der Waals surface area contributed by atoms with Crippen LogP contribution in [0.15, 0.2) is 67.0 Å². The number of aliphatic carboxylic acids is 1. The fraction of sp³-hybridized carbons (Fsp3) is 0.0476. The molecule has 0 aliphatic rings. The third kappa shape index (κ3) is 4.37. The Balaban J connectivity index is 1.73. The zero-order chi connectivity index (χ0) is 21.8. The summed E-state index contributed by atoms with van der Waals surface area (Å²) in [5.41, 5.74) is 1.14. The highest BCUT2D eigenvalue weighted by molar-refractivity contribution is 6.08. The summed E-state index contributed by atoms with van der Waals surface area (Å²) in [4.78, 5) is 48.9. The third-order valence-corrected chi connectivity index (χ3v) is 4.30. The van der Waals surface area contributed by atoms with E-state index in [1.165, 1.54) is 10.9 Å². The number of imidazole rings is 1. The maximum atomic E-state index is 12.6. The molecule has 10 nitrogen and oxygen atoms in total. The molecule has 0 atom stereocenters. The number of carbonyl (C=O) groups excluding carboxylic acids is 2. The second-order valence-corrected chi connectivity index (χ2v) is 6.47. The smallest absolute Gasteiger partial charge is 0.323 e. The number of nitrogens with zero attached hydrogens (tertiary/aromatic N) is 4. The number of anilines is 2. The maximum Gasteiger partial charge on any atom is 0.323 e. The lowest BCUT2D eigenvalue weighted by molar-refractivity contribution is -0.137. The van der Waals surface area contributed by atoms with Gasteiger partial charge < -0.3 is 15.0 Å². The standard InChI is InChI=1S/C21H16N6O4/c28-15(29)11-27-12-22-16-17(23-19(30)13-7-3-1-4-8-13)24-21(25-18(16)27)26-20(31)14-9-5-2-6-10-14/h1-10,12H,11H2,(H,28,29)(H2,23,24,25,26,30,31). The van der Waals surface area contributed by atoms with Gasteiger partial charge in [0.1, 0.15) is 6.54 Å². The second-order valence-electron chi connectivity index (χ2n) is 6.47. The van der Waals surface area contributed by atoms with Gasteiger partial charge in [-0.3, -0.25) is 19.7 Å². The molecule has 3 N–H and O–H groups in total. The zero-order valence-electron chi connectivity index (χ0n) is 16.0. The van der Waals surface area contributed by atoms with Crippen molar-refractivity contribution in [1.82, 2.24) is 19.5 Å². The van der Waals surface area contributed by atoms with Gasteiger partial charge in [0.2, 0.25) is 5.95 Å². The van der Waals surface area contributed by atoms with E-state index in [9.17, 15) is 14.4 Å². The summed E-state index contributed by atoms with van der Waals surface area (Å²) in [6.07, 6.45) is 1.29. The molecule has 0 spiro atoms. The summed E-state index contributed by atoms with van der Waals surface area (Å²) in [5, 5.41) is 14.4. The number of aromatic nitrogens is 4. The Hall–Kier alpha value is -4.60. The van der Waals surface area contributed by atoms with Crippen LogP contribution in [0.25, 0.3) is 11.2 Å². The Morgan fingerprint density at radius 1 is 0.839 bits per heavy atom. The van der Waals surface area contributed by atoms with Gasteiger partial charge in [-0.1, -0.05) is 36.4 Å². The van der Waals surface area contributed by atoms with Gasteiger partial charge in [0.25, 0.3) is 11.8 Å². The van der Waals surface area contributed by atoms with Crippen molar-refractivity contribution < 1.29 is 19.5 Å². The fourth-order valence-electron chi connectivity index (χ4n) is 2.88. The van der Waals surface area contributed by atoms with Gasteiger partial charge in [-0.25, -0.2) is 4.98 Å². The van der Waals surface area contributed by atoms with Crippen LogP contribution in [0, 0.1) is 0 Å². The number of nitrogens with one attached hydrogen (secondary N) is 2. The monoisotopic (exact) mass is 416 g/mol. The van der Waals surface area contributed by atoms with E-state index in [1.54, 1.807) is 60.7 Å². The highest BCUT2D eigenvalue weighted by Gasteiger charge is 2.18. The zero-order valence-corrected chi connectivity index (χ0v) is 16.0. The molecule has 4 aromatic rings. The van der Waals surface area contributed by atoms with E-state index in [0.717, 1.165) is 0 Å². The van der Waals surface area contributed by atoms with Crippen LogP contribution >= 0.6 is 0 Å². The summed E-state index contributed by atoms with van der Waals surface area (Å²) < 4.78 is 1.29. The summed E-state index contributed by atoms with van der Waals surface area (Å²) in [5.74, 6) is -2.04. The molecule has 0 bridgehead atoms. The average molecular weight is 416 g/mol. The molecule has 0 aliphatic heterocycles. The van der Waals surface area contributed by atoms with Crippen LogP contribution in [0.3, 0.4) is 0 Å². The molecule has 0 aliphatic carbocycles. The Morgan fingerprint density at radius 2 is 1.42 bits per heavy atom. The number of hydrogen-bond acceptors (Lipinski definition) is 6. The molecule has 2 aromatic heterocycles. The van der Waals surface area contributed by atoms with Gasteiger partial charge in [-0.2, -0.15) is 9.97 Å². The Bertz CT molecular complexity index is 1270. The van der Waals surface area contributed by atoms with E-state index in [4.69, 9.17) is 5.11 Å². The van der Waals surface area contributed by atoms with Crippen molar-refractivity contribution in [2.75, 3.05) is 10.6 Å². The number of benzene rings is 2. The van der Waals surface area contributed by atoms with Gasteiger partial charge in [0.05, 0.1) is 6.33 Å². The lowest BCUT2D eigenvalue weighted by Crippen LogP contribution is -2.18. The van der Waals surface area contributed by atoms with E-state index in [2.05, 4.69) is 25.6 Å². The molecular weight excluding hydrogens is 400 g/mol. The molecular formula is C21H16N6O4. The van der Waals surface area contributed by atoms with Crippen LogP contribution in [0.2, 0.25) is 0 Å². The topological polar surface area (TPSA) is 139 Å². The van der Waals surface area contributed by atoms with Gasteiger partial charge in [0, 0.05) is 11.1 Å². The van der Waals surface area contributed by atoms with Gasteiger partial charge in [-0.05, 0) is 24.3 Å². The summed E-state index contributed by atoms with van der Waals surface area (Å²) >= 11 is 0. The minimum atomic E-state index is -1.09. The molecule has 4 rings (SSSR count). The van der Waals surface area contributed by atoms with Crippen LogP contribution in [0.1, 0.15) is 20.7 Å². The minimum Gasteiger partial charge on any atom is -0.480 e. The lowest BCUT2D eigenvalue weighted by atomic mass is 10.2. The van der Waals surface area contributed by atoms with Gasteiger partial charge >= 0.3 is 5.97 Å². The second kappa shape index (κ2) is 8.41. The number of carboxylic acids is 1. The first kappa shape index (κ1) is 19.7.